The Morgan fingerprint density at radius 3 is 3.09 bits per heavy atom. The van der Waals surface area contributed by atoms with E-state index in [0.717, 1.165) is 36.9 Å². The summed E-state index contributed by atoms with van der Waals surface area (Å²) in [6.45, 7) is 5.34. The third-order valence-corrected chi connectivity index (χ3v) is 4.94. The molecule has 5 nitrogen and oxygen atoms in total. The molecule has 0 amide bonds. The van der Waals surface area contributed by atoms with E-state index in [2.05, 4.69) is 41.3 Å². The van der Waals surface area contributed by atoms with Crippen LogP contribution in [-0.4, -0.2) is 40.6 Å². The van der Waals surface area contributed by atoms with Crippen LogP contribution >= 0.6 is 11.3 Å². The predicted octanol–water partition coefficient (Wildman–Crippen LogP) is 2.71. The molecule has 1 aromatic carbocycles. The molecule has 1 aliphatic rings. The molecule has 0 saturated carbocycles. The van der Waals surface area contributed by atoms with Gasteiger partial charge in [0.2, 0.25) is 0 Å². The summed E-state index contributed by atoms with van der Waals surface area (Å²) in [7, 11) is 0. The Kier molecular flexibility index (Phi) is 3.56. The number of nitrogens with zero attached hydrogens (tertiary/aromatic N) is 4. The number of ether oxygens (including phenoxy) is 1. The molecule has 0 unspecified atom stereocenters. The number of aromatic nitrogens is 3. The molecule has 114 valence electrons. The van der Waals surface area contributed by atoms with E-state index >= 15 is 0 Å². The van der Waals surface area contributed by atoms with E-state index in [9.17, 15) is 0 Å². The third kappa shape index (κ3) is 2.71. The van der Waals surface area contributed by atoms with E-state index < -0.39 is 0 Å². The summed E-state index contributed by atoms with van der Waals surface area (Å²) >= 11 is 1.75. The van der Waals surface area contributed by atoms with E-state index in [4.69, 9.17) is 9.72 Å². The number of morpholine rings is 1. The first-order valence-electron chi connectivity index (χ1n) is 7.49. The molecule has 22 heavy (non-hydrogen) atoms. The maximum Gasteiger partial charge on any atom is 0.186 e. The van der Waals surface area contributed by atoms with Crippen molar-refractivity contribution in [3.05, 3.63) is 42.2 Å². The highest BCUT2D eigenvalue weighted by Crippen LogP contribution is 2.29. The van der Waals surface area contributed by atoms with Crippen molar-refractivity contribution in [2.45, 2.75) is 19.6 Å². The number of hydrogen-bond acceptors (Lipinski definition) is 5. The Labute approximate surface area is 133 Å². The molecule has 3 heterocycles. The number of fused-ring (bicyclic) bond motifs is 1. The van der Waals surface area contributed by atoms with Crippen molar-refractivity contribution in [3.63, 3.8) is 0 Å². The summed E-state index contributed by atoms with van der Waals surface area (Å²) < 4.78 is 9.09. The van der Waals surface area contributed by atoms with Crippen LogP contribution in [-0.2, 0) is 11.3 Å². The summed E-state index contributed by atoms with van der Waals surface area (Å²) in [5.74, 6) is 0. The number of para-hydroxylation sites is 1. The zero-order valence-corrected chi connectivity index (χ0v) is 13.3. The first kappa shape index (κ1) is 13.7. The van der Waals surface area contributed by atoms with Crippen LogP contribution in [0.5, 0.6) is 0 Å². The minimum absolute atomic E-state index is 0.153. The lowest BCUT2D eigenvalue weighted by atomic mass is 10.3. The van der Waals surface area contributed by atoms with E-state index in [0.29, 0.717) is 0 Å². The van der Waals surface area contributed by atoms with Gasteiger partial charge in [-0.25, -0.2) is 4.98 Å². The van der Waals surface area contributed by atoms with Gasteiger partial charge in [0.1, 0.15) is 0 Å². The van der Waals surface area contributed by atoms with Crippen molar-refractivity contribution < 1.29 is 4.74 Å². The number of hydrogen-bond donors (Lipinski definition) is 0. The van der Waals surface area contributed by atoms with Crippen LogP contribution in [0.3, 0.4) is 0 Å². The van der Waals surface area contributed by atoms with Gasteiger partial charge in [-0.15, -0.1) is 0 Å². The minimum Gasteiger partial charge on any atom is -0.373 e. The molecule has 0 N–H and O–H groups in total. The highest BCUT2D eigenvalue weighted by Gasteiger charge is 2.23. The van der Waals surface area contributed by atoms with Crippen molar-refractivity contribution in [2.24, 2.45) is 0 Å². The molecule has 2 aromatic heterocycles. The topological polar surface area (TPSA) is 43.2 Å². The van der Waals surface area contributed by atoms with Crippen LogP contribution < -0.4 is 4.90 Å². The minimum atomic E-state index is 0.153. The quantitative estimate of drug-likeness (QED) is 0.745. The lowest BCUT2D eigenvalue weighted by Gasteiger charge is -2.32. The molecular weight excluding hydrogens is 296 g/mol. The van der Waals surface area contributed by atoms with Gasteiger partial charge < -0.3 is 9.64 Å². The molecule has 1 atom stereocenters. The SMILES string of the molecule is Cc1cnn(C[C@H]2CN(c3nc4ccccc4s3)CCO2)c1. The molecule has 1 aliphatic heterocycles. The Morgan fingerprint density at radius 2 is 2.27 bits per heavy atom. The number of benzene rings is 1. The number of rotatable bonds is 3. The summed E-state index contributed by atoms with van der Waals surface area (Å²) in [6.07, 6.45) is 4.09. The fraction of sp³-hybridized carbons (Fsp3) is 0.375. The smallest absolute Gasteiger partial charge is 0.186 e. The van der Waals surface area contributed by atoms with Gasteiger partial charge >= 0.3 is 0 Å². The highest BCUT2D eigenvalue weighted by atomic mass is 32.1. The monoisotopic (exact) mass is 314 g/mol. The normalized spacial score (nSPS) is 19.0. The molecule has 1 fully saturated rings. The summed E-state index contributed by atoms with van der Waals surface area (Å²) in [5, 5.41) is 5.44. The molecule has 1 saturated heterocycles. The Balaban J connectivity index is 1.50. The molecule has 0 radical (unpaired) electrons. The van der Waals surface area contributed by atoms with Crippen LogP contribution in [0.15, 0.2) is 36.7 Å². The summed E-state index contributed by atoms with van der Waals surface area (Å²) in [6, 6.07) is 8.29. The zero-order chi connectivity index (χ0) is 14.9. The van der Waals surface area contributed by atoms with Gasteiger partial charge in [-0.3, -0.25) is 4.68 Å². The summed E-state index contributed by atoms with van der Waals surface area (Å²) in [4.78, 5) is 7.08. The lowest BCUT2D eigenvalue weighted by Crippen LogP contribution is -2.44. The van der Waals surface area contributed by atoms with Crippen LogP contribution in [0, 0.1) is 6.92 Å². The first-order chi connectivity index (χ1) is 10.8. The van der Waals surface area contributed by atoms with E-state index in [1.54, 1.807) is 11.3 Å². The van der Waals surface area contributed by atoms with E-state index in [-0.39, 0.29) is 6.10 Å². The van der Waals surface area contributed by atoms with Crippen molar-refractivity contribution in [1.82, 2.24) is 14.8 Å². The Morgan fingerprint density at radius 1 is 1.36 bits per heavy atom. The van der Waals surface area contributed by atoms with Gasteiger partial charge in [-0.1, -0.05) is 23.5 Å². The van der Waals surface area contributed by atoms with Crippen molar-refractivity contribution in [1.29, 1.82) is 0 Å². The number of aryl methyl sites for hydroxylation is 1. The Bertz CT molecular complexity index is 748. The van der Waals surface area contributed by atoms with Crippen LogP contribution in [0.4, 0.5) is 5.13 Å². The van der Waals surface area contributed by atoms with Crippen LogP contribution in [0.25, 0.3) is 10.2 Å². The van der Waals surface area contributed by atoms with Crippen LogP contribution in [0.1, 0.15) is 5.56 Å². The number of thiazole rings is 1. The van der Waals surface area contributed by atoms with Crippen LogP contribution in [0.2, 0.25) is 0 Å². The number of anilines is 1. The maximum atomic E-state index is 5.89. The van der Waals surface area contributed by atoms with Crippen molar-refractivity contribution in [2.75, 3.05) is 24.6 Å². The molecule has 0 aliphatic carbocycles. The standard InChI is InChI=1S/C16H18N4OS/c1-12-8-17-20(9-12)11-13-10-19(6-7-21-13)16-18-14-4-2-3-5-15(14)22-16/h2-5,8-9,13H,6-7,10-11H2,1H3/t13-/m1/s1. The molecule has 0 spiro atoms. The van der Waals surface area contributed by atoms with E-state index in [1.807, 2.05) is 16.9 Å². The predicted molar refractivity (Wildman–Crippen MR) is 88.5 cm³/mol. The molecular formula is C16H18N4OS. The fourth-order valence-electron chi connectivity index (χ4n) is 2.77. The Hall–Kier alpha value is -1.92. The highest BCUT2D eigenvalue weighted by molar-refractivity contribution is 7.22. The molecule has 0 bridgehead atoms. The average molecular weight is 314 g/mol. The van der Waals surface area contributed by atoms with Crippen molar-refractivity contribution in [3.8, 4) is 0 Å². The van der Waals surface area contributed by atoms with Crippen molar-refractivity contribution >= 4 is 26.7 Å². The van der Waals surface area contributed by atoms with Gasteiger partial charge in [-0.05, 0) is 24.6 Å². The molecule has 4 rings (SSSR count). The maximum absolute atomic E-state index is 5.89. The average Bonchev–Trinajstić information content (AvgIpc) is 3.13. The first-order valence-corrected chi connectivity index (χ1v) is 8.31. The summed E-state index contributed by atoms with van der Waals surface area (Å²) in [5.41, 5.74) is 2.26. The van der Waals surface area contributed by atoms with Gasteiger partial charge in [0, 0.05) is 19.3 Å². The second-order valence-corrected chi connectivity index (χ2v) is 6.65. The van der Waals surface area contributed by atoms with Gasteiger partial charge in [0.25, 0.3) is 0 Å². The molecule has 3 aromatic rings. The van der Waals surface area contributed by atoms with Gasteiger partial charge in [0.15, 0.2) is 5.13 Å². The third-order valence-electron chi connectivity index (χ3n) is 3.84. The van der Waals surface area contributed by atoms with Gasteiger partial charge in [0.05, 0.1) is 35.7 Å². The second-order valence-electron chi connectivity index (χ2n) is 5.64. The van der Waals surface area contributed by atoms with Gasteiger partial charge in [-0.2, -0.15) is 5.10 Å². The second kappa shape index (κ2) is 5.70. The van der Waals surface area contributed by atoms with E-state index in [1.165, 1.54) is 10.3 Å². The molecule has 6 heteroatoms. The zero-order valence-electron chi connectivity index (χ0n) is 12.5. The largest absolute Gasteiger partial charge is 0.373 e. The fourth-order valence-corrected chi connectivity index (χ4v) is 3.77. The lowest BCUT2D eigenvalue weighted by molar-refractivity contribution is 0.0274.